The fourth-order valence-electron chi connectivity index (χ4n) is 2.43. The first kappa shape index (κ1) is 18.3. The van der Waals surface area contributed by atoms with E-state index in [2.05, 4.69) is 15.6 Å². The van der Waals surface area contributed by atoms with Crippen LogP contribution in [0.5, 0.6) is 0 Å². The Morgan fingerprint density at radius 2 is 1.93 bits per heavy atom. The summed E-state index contributed by atoms with van der Waals surface area (Å²) < 4.78 is 1.10. The zero-order valence-electron chi connectivity index (χ0n) is 13.9. The third kappa shape index (κ3) is 4.04. The number of amides is 1. The zero-order chi connectivity index (χ0) is 19.4. The molecular weight excluding hydrogens is 374 g/mol. The summed E-state index contributed by atoms with van der Waals surface area (Å²) in [5, 5.41) is 17.2. The summed E-state index contributed by atoms with van der Waals surface area (Å²) in [6.45, 7) is 0.323. The van der Waals surface area contributed by atoms with Crippen molar-refractivity contribution in [3.63, 3.8) is 0 Å². The second-order valence-electron chi connectivity index (χ2n) is 5.49. The number of anilines is 1. The van der Waals surface area contributed by atoms with E-state index in [1.807, 2.05) is 0 Å². The van der Waals surface area contributed by atoms with Crippen LogP contribution in [0.2, 0.25) is 5.02 Å². The van der Waals surface area contributed by atoms with E-state index in [4.69, 9.17) is 11.6 Å². The first-order valence-corrected chi connectivity index (χ1v) is 8.28. The summed E-state index contributed by atoms with van der Waals surface area (Å²) in [5.74, 6) is -0.452. The van der Waals surface area contributed by atoms with Crippen LogP contribution in [-0.4, -0.2) is 33.3 Å². The first-order valence-electron chi connectivity index (χ1n) is 7.91. The SMILES string of the molecule is O=C(NCCNc1nc2ccccn2c(=O)c1[N+](=O)[O-])c1ccc(Cl)cc1. The summed E-state index contributed by atoms with van der Waals surface area (Å²) in [6, 6.07) is 11.2. The molecule has 10 heteroatoms. The first-order chi connectivity index (χ1) is 13.0. The number of hydrogen-bond acceptors (Lipinski definition) is 6. The topological polar surface area (TPSA) is 119 Å². The van der Waals surface area contributed by atoms with Crippen LogP contribution in [0.15, 0.2) is 53.5 Å². The van der Waals surface area contributed by atoms with Crippen LogP contribution in [0.4, 0.5) is 11.5 Å². The van der Waals surface area contributed by atoms with E-state index in [0.717, 1.165) is 4.40 Å². The van der Waals surface area contributed by atoms with Gasteiger partial charge in [0.15, 0.2) is 0 Å². The Labute approximate surface area is 157 Å². The molecule has 1 aromatic carbocycles. The highest BCUT2D eigenvalue weighted by molar-refractivity contribution is 6.30. The van der Waals surface area contributed by atoms with E-state index in [0.29, 0.717) is 10.6 Å². The van der Waals surface area contributed by atoms with Crippen LogP contribution in [-0.2, 0) is 0 Å². The normalized spacial score (nSPS) is 10.6. The van der Waals surface area contributed by atoms with Gasteiger partial charge in [-0.25, -0.2) is 4.98 Å². The third-order valence-corrected chi connectivity index (χ3v) is 3.95. The summed E-state index contributed by atoms with van der Waals surface area (Å²) in [4.78, 5) is 38.9. The van der Waals surface area contributed by atoms with Gasteiger partial charge in [0.1, 0.15) is 5.65 Å². The van der Waals surface area contributed by atoms with Crippen molar-refractivity contribution in [3.05, 3.63) is 79.7 Å². The van der Waals surface area contributed by atoms with Gasteiger partial charge in [-0.1, -0.05) is 17.7 Å². The Kier molecular flexibility index (Phi) is 5.32. The Morgan fingerprint density at radius 1 is 1.19 bits per heavy atom. The summed E-state index contributed by atoms with van der Waals surface area (Å²) in [5.41, 5.74) is -0.714. The van der Waals surface area contributed by atoms with Crippen LogP contribution in [0.1, 0.15) is 10.4 Å². The monoisotopic (exact) mass is 387 g/mol. The van der Waals surface area contributed by atoms with Gasteiger partial charge in [-0.05, 0) is 36.4 Å². The molecule has 0 aliphatic heterocycles. The smallest absolute Gasteiger partial charge is 0.362 e. The number of nitrogens with zero attached hydrogens (tertiary/aromatic N) is 3. The molecule has 2 heterocycles. The lowest BCUT2D eigenvalue weighted by Crippen LogP contribution is -2.29. The molecule has 1 amide bonds. The second-order valence-corrected chi connectivity index (χ2v) is 5.93. The van der Waals surface area contributed by atoms with Gasteiger partial charge in [0, 0.05) is 29.9 Å². The van der Waals surface area contributed by atoms with Crippen LogP contribution in [0.3, 0.4) is 0 Å². The molecule has 0 spiro atoms. The lowest BCUT2D eigenvalue weighted by molar-refractivity contribution is -0.385. The quantitative estimate of drug-likeness (QED) is 0.380. The van der Waals surface area contributed by atoms with Crippen LogP contribution in [0, 0.1) is 10.1 Å². The highest BCUT2D eigenvalue weighted by Gasteiger charge is 2.23. The molecule has 3 rings (SSSR count). The van der Waals surface area contributed by atoms with Crippen LogP contribution >= 0.6 is 11.6 Å². The zero-order valence-corrected chi connectivity index (χ0v) is 14.6. The number of fused-ring (bicyclic) bond motifs is 1. The Morgan fingerprint density at radius 3 is 2.63 bits per heavy atom. The summed E-state index contributed by atoms with van der Waals surface area (Å²) in [6.07, 6.45) is 1.41. The van der Waals surface area contributed by atoms with E-state index < -0.39 is 16.2 Å². The molecule has 2 N–H and O–H groups in total. The molecule has 138 valence electrons. The van der Waals surface area contributed by atoms with Crippen LogP contribution in [0.25, 0.3) is 5.65 Å². The van der Waals surface area contributed by atoms with Crippen molar-refractivity contribution in [1.29, 1.82) is 0 Å². The van der Waals surface area contributed by atoms with Gasteiger partial charge in [-0.3, -0.25) is 24.1 Å². The maximum absolute atomic E-state index is 12.3. The van der Waals surface area contributed by atoms with Crippen molar-refractivity contribution >= 4 is 34.7 Å². The average molecular weight is 388 g/mol. The Balaban J connectivity index is 1.70. The number of pyridine rings is 1. The van der Waals surface area contributed by atoms with Crippen molar-refractivity contribution in [3.8, 4) is 0 Å². The van der Waals surface area contributed by atoms with E-state index >= 15 is 0 Å². The van der Waals surface area contributed by atoms with Gasteiger partial charge in [-0.15, -0.1) is 0 Å². The maximum Gasteiger partial charge on any atom is 0.376 e. The number of carbonyl (C=O) groups is 1. The van der Waals surface area contributed by atoms with E-state index in [1.165, 1.54) is 6.20 Å². The standard InChI is InChI=1S/C17H14ClN5O4/c18-12-6-4-11(5-7-12)16(24)20-9-8-19-15-14(23(26)27)17(25)22-10-2-1-3-13(22)21-15/h1-7,10,19H,8-9H2,(H,20,24). The summed E-state index contributed by atoms with van der Waals surface area (Å²) in [7, 11) is 0. The number of nitro groups is 1. The highest BCUT2D eigenvalue weighted by atomic mass is 35.5. The average Bonchev–Trinajstić information content (AvgIpc) is 2.65. The van der Waals surface area contributed by atoms with Gasteiger partial charge >= 0.3 is 11.2 Å². The number of benzene rings is 1. The minimum absolute atomic E-state index is 0.142. The minimum Gasteiger partial charge on any atom is -0.362 e. The molecular formula is C17H14ClN5O4. The largest absolute Gasteiger partial charge is 0.376 e. The number of nitrogens with one attached hydrogen (secondary N) is 2. The lowest BCUT2D eigenvalue weighted by Gasteiger charge is -2.09. The molecule has 0 saturated carbocycles. The van der Waals surface area contributed by atoms with E-state index in [-0.39, 0.29) is 30.5 Å². The van der Waals surface area contributed by atoms with Gasteiger partial charge in [0.05, 0.1) is 4.92 Å². The maximum atomic E-state index is 12.3. The molecule has 0 bridgehead atoms. The highest BCUT2D eigenvalue weighted by Crippen LogP contribution is 2.17. The number of rotatable bonds is 6. The lowest BCUT2D eigenvalue weighted by atomic mass is 10.2. The van der Waals surface area contributed by atoms with Gasteiger partial charge < -0.3 is 10.6 Å². The van der Waals surface area contributed by atoms with Crippen LogP contribution < -0.4 is 16.2 Å². The number of aromatic nitrogens is 2. The molecule has 2 aromatic heterocycles. The molecule has 3 aromatic rings. The molecule has 0 unspecified atom stereocenters. The number of carbonyl (C=O) groups excluding carboxylic acids is 1. The van der Waals surface area contributed by atoms with E-state index in [1.54, 1.807) is 42.5 Å². The van der Waals surface area contributed by atoms with Crippen molar-refractivity contribution < 1.29 is 9.72 Å². The molecule has 0 fully saturated rings. The molecule has 0 aliphatic carbocycles. The van der Waals surface area contributed by atoms with Crippen molar-refractivity contribution in [2.75, 3.05) is 18.4 Å². The summed E-state index contributed by atoms with van der Waals surface area (Å²) >= 11 is 5.77. The van der Waals surface area contributed by atoms with Gasteiger partial charge in [0.25, 0.3) is 5.91 Å². The predicted octanol–water partition coefficient (Wildman–Crippen LogP) is 2.10. The fraction of sp³-hybridized carbons (Fsp3) is 0.118. The number of halogens is 1. The molecule has 9 nitrogen and oxygen atoms in total. The minimum atomic E-state index is -0.779. The molecule has 27 heavy (non-hydrogen) atoms. The predicted molar refractivity (Wildman–Crippen MR) is 100 cm³/mol. The van der Waals surface area contributed by atoms with Crippen molar-refractivity contribution in [1.82, 2.24) is 14.7 Å². The van der Waals surface area contributed by atoms with Crippen molar-refractivity contribution in [2.45, 2.75) is 0 Å². The molecule has 0 saturated heterocycles. The molecule has 0 aliphatic rings. The number of hydrogen-bond donors (Lipinski definition) is 2. The third-order valence-electron chi connectivity index (χ3n) is 3.70. The molecule has 0 atom stereocenters. The fourth-order valence-corrected chi connectivity index (χ4v) is 2.55. The molecule has 0 radical (unpaired) electrons. The van der Waals surface area contributed by atoms with Gasteiger partial charge in [-0.2, -0.15) is 0 Å². The Bertz CT molecular complexity index is 1070. The van der Waals surface area contributed by atoms with E-state index in [9.17, 15) is 19.7 Å². The second kappa shape index (κ2) is 7.83. The Hall–Kier alpha value is -3.46. The van der Waals surface area contributed by atoms with Gasteiger partial charge in [0.2, 0.25) is 5.82 Å². The van der Waals surface area contributed by atoms with Crippen molar-refractivity contribution in [2.24, 2.45) is 0 Å².